The minimum absolute atomic E-state index is 0.298. The van der Waals surface area contributed by atoms with Gasteiger partial charge in [-0.3, -0.25) is 0 Å². The van der Waals surface area contributed by atoms with E-state index in [1.165, 1.54) is 0 Å². The molecule has 0 aromatic heterocycles. The number of thiol groups is 2. The first-order valence-electron chi connectivity index (χ1n) is 2.39. The molecule has 0 aliphatic carbocycles. The van der Waals surface area contributed by atoms with Crippen molar-refractivity contribution in [3.63, 3.8) is 0 Å². The summed E-state index contributed by atoms with van der Waals surface area (Å²) in [6.07, 6.45) is 2.20. The molecule has 0 aromatic rings. The maximum atomic E-state index is 4.09. The van der Waals surface area contributed by atoms with Gasteiger partial charge in [0.2, 0.25) is 0 Å². The Morgan fingerprint density at radius 2 is 2.14 bits per heavy atom. The highest BCUT2D eigenvalue weighted by molar-refractivity contribution is 7.81. The Morgan fingerprint density at radius 3 is 2.29 bits per heavy atom. The molecule has 0 saturated heterocycles. The van der Waals surface area contributed by atoms with Crippen molar-refractivity contribution >= 4 is 25.3 Å². The predicted octanol–water partition coefficient (Wildman–Crippen LogP) is 1.83. The molecule has 0 amide bonds. The van der Waals surface area contributed by atoms with Gasteiger partial charge < -0.3 is 0 Å². The van der Waals surface area contributed by atoms with Crippen molar-refractivity contribution in [1.82, 2.24) is 0 Å². The molecule has 7 heavy (non-hydrogen) atoms. The van der Waals surface area contributed by atoms with Gasteiger partial charge in [0.05, 0.1) is 0 Å². The van der Waals surface area contributed by atoms with E-state index in [9.17, 15) is 0 Å². The Morgan fingerprint density at radius 1 is 1.57 bits per heavy atom. The third kappa shape index (κ3) is 6.70. The Hall–Kier alpha value is 0.700. The van der Waals surface area contributed by atoms with Crippen molar-refractivity contribution in [1.29, 1.82) is 0 Å². The summed E-state index contributed by atoms with van der Waals surface area (Å²) < 4.78 is 0. The second-order valence-electron chi connectivity index (χ2n) is 1.52. The minimum atomic E-state index is 0.298. The third-order valence-electron chi connectivity index (χ3n) is 0.695. The Kier molecular flexibility index (Phi) is 5.33. The van der Waals surface area contributed by atoms with Gasteiger partial charge in [-0.15, -0.1) is 0 Å². The maximum Gasteiger partial charge on any atom is 0.00175 e. The molecule has 0 spiro atoms. The topological polar surface area (TPSA) is 0 Å². The van der Waals surface area contributed by atoms with Crippen molar-refractivity contribution in [2.45, 2.75) is 18.1 Å². The summed E-state index contributed by atoms with van der Waals surface area (Å²) in [7, 11) is 0. The van der Waals surface area contributed by atoms with E-state index >= 15 is 0 Å². The molecule has 0 saturated carbocycles. The Bertz CT molecular complexity index is 35.1. The zero-order valence-corrected chi connectivity index (χ0v) is 6.09. The van der Waals surface area contributed by atoms with Gasteiger partial charge in [0.15, 0.2) is 0 Å². The van der Waals surface area contributed by atoms with Gasteiger partial charge in [0.25, 0.3) is 0 Å². The highest BCUT2D eigenvalue weighted by atomic mass is 32.1. The van der Waals surface area contributed by atoms with E-state index in [1.54, 1.807) is 0 Å². The van der Waals surface area contributed by atoms with Crippen molar-refractivity contribution in [3.8, 4) is 0 Å². The highest BCUT2D eigenvalue weighted by Gasteiger charge is 1.90. The molecule has 43 valence electrons. The molecule has 0 aliphatic heterocycles. The van der Waals surface area contributed by atoms with E-state index in [-0.39, 0.29) is 0 Å². The molecule has 1 atom stereocenters. The summed E-state index contributed by atoms with van der Waals surface area (Å²) in [5.41, 5.74) is 0. The normalized spacial score (nSPS) is 14.1. The number of hydrogen-bond donors (Lipinski definition) is 2. The molecule has 0 rings (SSSR count). The molecule has 0 aromatic carbocycles. The standard InChI is InChI=1S/C5H11S2/c1-5(7)3-2-4-6/h5-7H,1-4H2. The summed E-state index contributed by atoms with van der Waals surface area (Å²) in [5, 5.41) is 0.298. The molecule has 0 bridgehead atoms. The first-order chi connectivity index (χ1) is 3.27. The summed E-state index contributed by atoms with van der Waals surface area (Å²) >= 11 is 8.12. The lowest BCUT2D eigenvalue weighted by Crippen LogP contribution is -1.90. The molecule has 0 aliphatic rings. The smallest absolute Gasteiger partial charge is 0.00175 e. The Labute approximate surface area is 56.5 Å². The lowest BCUT2D eigenvalue weighted by molar-refractivity contribution is 0.840. The van der Waals surface area contributed by atoms with Crippen molar-refractivity contribution in [2.75, 3.05) is 5.75 Å². The maximum absolute atomic E-state index is 4.09. The van der Waals surface area contributed by atoms with Crippen LogP contribution in [0.5, 0.6) is 0 Å². The van der Waals surface area contributed by atoms with Gasteiger partial charge in [-0.1, -0.05) is 0 Å². The number of hydrogen-bond acceptors (Lipinski definition) is 2. The average Bonchev–Trinajstić information content (AvgIpc) is 1.61. The summed E-state index contributed by atoms with van der Waals surface area (Å²) in [5.74, 6) is 0.951. The molecular formula is C5H11S2. The van der Waals surface area contributed by atoms with Crippen molar-refractivity contribution in [2.24, 2.45) is 0 Å². The molecule has 1 unspecified atom stereocenters. The average molecular weight is 135 g/mol. The van der Waals surface area contributed by atoms with Gasteiger partial charge in [0, 0.05) is 5.25 Å². The van der Waals surface area contributed by atoms with Gasteiger partial charge in [-0.25, -0.2) is 0 Å². The first-order valence-corrected chi connectivity index (χ1v) is 3.54. The molecule has 1 radical (unpaired) electrons. The molecule has 0 N–H and O–H groups in total. The molecular weight excluding hydrogens is 124 g/mol. The SMILES string of the molecule is [CH2]C(S)CCCS. The first kappa shape index (κ1) is 7.70. The lowest BCUT2D eigenvalue weighted by Gasteiger charge is -1.97. The fourth-order valence-corrected chi connectivity index (χ4v) is 0.692. The van der Waals surface area contributed by atoms with Crippen LogP contribution in [0.4, 0.5) is 0 Å². The van der Waals surface area contributed by atoms with Crippen LogP contribution >= 0.6 is 25.3 Å². The van der Waals surface area contributed by atoms with Gasteiger partial charge in [-0.05, 0) is 25.5 Å². The van der Waals surface area contributed by atoms with Gasteiger partial charge >= 0.3 is 0 Å². The Balaban J connectivity index is 2.68. The monoisotopic (exact) mass is 135 g/mol. The zero-order chi connectivity index (χ0) is 5.70. The highest BCUT2D eigenvalue weighted by Crippen LogP contribution is 2.02. The molecule has 0 nitrogen and oxygen atoms in total. The lowest BCUT2D eigenvalue weighted by atomic mass is 10.3. The van der Waals surface area contributed by atoms with Crippen LogP contribution in [0.3, 0.4) is 0 Å². The number of rotatable bonds is 3. The summed E-state index contributed by atoms with van der Waals surface area (Å²) in [4.78, 5) is 0. The van der Waals surface area contributed by atoms with Crippen LogP contribution in [0.25, 0.3) is 0 Å². The summed E-state index contributed by atoms with van der Waals surface area (Å²) in [6.45, 7) is 3.71. The second-order valence-corrected chi connectivity index (χ2v) is 2.70. The van der Waals surface area contributed by atoms with E-state index in [1.807, 2.05) is 0 Å². The van der Waals surface area contributed by atoms with Gasteiger partial charge in [-0.2, -0.15) is 25.3 Å². The van der Waals surface area contributed by atoms with Crippen LogP contribution in [0.2, 0.25) is 0 Å². The fourth-order valence-electron chi connectivity index (χ4n) is 0.327. The summed E-state index contributed by atoms with van der Waals surface area (Å²) in [6, 6.07) is 0. The fraction of sp³-hybridized carbons (Fsp3) is 0.800. The minimum Gasteiger partial charge on any atom is -0.179 e. The van der Waals surface area contributed by atoms with Crippen LogP contribution in [0.15, 0.2) is 0 Å². The third-order valence-corrected chi connectivity index (χ3v) is 1.27. The van der Waals surface area contributed by atoms with Crippen molar-refractivity contribution in [3.05, 3.63) is 6.92 Å². The van der Waals surface area contributed by atoms with E-state index in [2.05, 4.69) is 32.2 Å². The van der Waals surface area contributed by atoms with Crippen LogP contribution < -0.4 is 0 Å². The van der Waals surface area contributed by atoms with E-state index < -0.39 is 0 Å². The van der Waals surface area contributed by atoms with Crippen LogP contribution in [0, 0.1) is 6.92 Å². The van der Waals surface area contributed by atoms with E-state index in [0.717, 1.165) is 18.6 Å². The van der Waals surface area contributed by atoms with Gasteiger partial charge in [0.1, 0.15) is 0 Å². The zero-order valence-electron chi connectivity index (χ0n) is 4.30. The van der Waals surface area contributed by atoms with E-state index in [0.29, 0.717) is 5.25 Å². The quantitative estimate of drug-likeness (QED) is 0.542. The van der Waals surface area contributed by atoms with Crippen LogP contribution in [-0.4, -0.2) is 11.0 Å². The molecule has 0 heterocycles. The molecule has 2 heteroatoms. The molecule has 0 fully saturated rings. The van der Waals surface area contributed by atoms with Crippen LogP contribution in [-0.2, 0) is 0 Å². The van der Waals surface area contributed by atoms with Crippen LogP contribution in [0.1, 0.15) is 12.8 Å². The predicted molar refractivity (Wildman–Crippen MR) is 41.2 cm³/mol. The van der Waals surface area contributed by atoms with E-state index in [4.69, 9.17) is 0 Å². The largest absolute Gasteiger partial charge is 0.179 e. The second kappa shape index (κ2) is 4.85. The van der Waals surface area contributed by atoms with Crippen molar-refractivity contribution < 1.29 is 0 Å².